The maximum Gasteiger partial charge on any atom is 0.218 e. The van der Waals surface area contributed by atoms with E-state index in [9.17, 15) is 4.79 Å². The summed E-state index contributed by atoms with van der Waals surface area (Å²) in [5.41, 5.74) is 6.17. The molecule has 0 fully saturated rings. The van der Waals surface area contributed by atoms with Gasteiger partial charge in [0.25, 0.3) is 0 Å². The van der Waals surface area contributed by atoms with Crippen LogP contribution in [0, 0.1) is 0 Å². The lowest BCUT2D eigenvalue weighted by atomic mass is 10.2. The largest absolute Gasteiger partial charge is 0.490 e. The average Bonchev–Trinajstić information content (AvgIpc) is 2.59. The molecule has 1 heterocycles. The fourth-order valence-corrected chi connectivity index (χ4v) is 1.76. The molecule has 18 heavy (non-hydrogen) atoms. The van der Waals surface area contributed by atoms with Crippen molar-refractivity contribution in [2.75, 3.05) is 19.8 Å². The van der Waals surface area contributed by atoms with Gasteiger partial charge in [0.1, 0.15) is 0 Å². The summed E-state index contributed by atoms with van der Waals surface area (Å²) in [4.78, 5) is 10.6. The summed E-state index contributed by atoms with van der Waals surface area (Å²) in [6, 6.07) is 5.88. The van der Waals surface area contributed by atoms with Gasteiger partial charge in [0.2, 0.25) is 5.91 Å². The van der Waals surface area contributed by atoms with Crippen LogP contribution in [-0.4, -0.2) is 25.7 Å². The molecule has 0 radical (unpaired) electrons. The highest BCUT2D eigenvalue weighted by Gasteiger charge is 2.10. The molecule has 1 aliphatic rings. The molecule has 1 amide bonds. The monoisotopic (exact) mass is 250 g/mol. The van der Waals surface area contributed by atoms with Crippen LogP contribution < -0.4 is 20.5 Å². The van der Waals surface area contributed by atoms with Crippen LogP contribution in [-0.2, 0) is 11.3 Å². The van der Waals surface area contributed by atoms with Gasteiger partial charge in [0.05, 0.1) is 13.2 Å². The highest BCUT2D eigenvalue weighted by Crippen LogP contribution is 2.30. The van der Waals surface area contributed by atoms with Gasteiger partial charge in [0, 0.05) is 25.9 Å². The van der Waals surface area contributed by atoms with Crippen molar-refractivity contribution in [3.63, 3.8) is 0 Å². The van der Waals surface area contributed by atoms with Crippen molar-refractivity contribution in [2.24, 2.45) is 5.73 Å². The first kappa shape index (κ1) is 12.7. The fraction of sp³-hybridized carbons (Fsp3) is 0.462. The molecular weight excluding hydrogens is 232 g/mol. The summed E-state index contributed by atoms with van der Waals surface area (Å²) in [6.07, 6.45) is 1.26. The quantitative estimate of drug-likeness (QED) is 0.759. The van der Waals surface area contributed by atoms with Crippen molar-refractivity contribution in [3.8, 4) is 11.5 Å². The summed E-state index contributed by atoms with van der Waals surface area (Å²) in [6.45, 7) is 2.66. The molecule has 1 aliphatic heterocycles. The van der Waals surface area contributed by atoms with E-state index in [0.29, 0.717) is 32.7 Å². The number of hydrogen-bond donors (Lipinski definition) is 2. The van der Waals surface area contributed by atoms with E-state index in [1.165, 1.54) is 0 Å². The molecule has 1 aromatic rings. The molecule has 0 unspecified atom stereocenters. The molecule has 1 aromatic carbocycles. The normalized spacial score (nSPS) is 14.0. The molecule has 0 bridgehead atoms. The third kappa shape index (κ3) is 3.63. The predicted octanol–water partition coefficient (Wildman–Crippen LogP) is 0.813. The topological polar surface area (TPSA) is 73.6 Å². The molecule has 0 atom stereocenters. The zero-order valence-corrected chi connectivity index (χ0v) is 10.3. The second kappa shape index (κ2) is 6.26. The van der Waals surface area contributed by atoms with Crippen molar-refractivity contribution in [1.29, 1.82) is 0 Å². The number of primary amides is 1. The summed E-state index contributed by atoms with van der Waals surface area (Å²) in [7, 11) is 0. The number of nitrogens with one attached hydrogen (secondary N) is 1. The number of carbonyl (C=O) groups is 1. The Morgan fingerprint density at radius 2 is 2.06 bits per heavy atom. The number of benzene rings is 1. The number of nitrogens with two attached hydrogens (primary N) is 1. The number of hydrogen-bond acceptors (Lipinski definition) is 4. The van der Waals surface area contributed by atoms with E-state index >= 15 is 0 Å². The van der Waals surface area contributed by atoms with E-state index in [1.54, 1.807) is 0 Å². The van der Waals surface area contributed by atoms with Gasteiger partial charge in [-0.1, -0.05) is 6.07 Å². The van der Waals surface area contributed by atoms with Crippen LogP contribution in [0.3, 0.4) is 0 Å². The van der Waals surface area contributed by atoms with Crippen LogP contribution >= 0.6 is 0 Å². The standard InChI is InChI=1S/C13H18N2O3/c14-13(16)4-5-15-9-10-2-3-11-12(8-10)18-7-1-6-17-11/h2-3,8,15H,1,4-7,9H2,(H2,14,16). The lowest BCUT2D eigenvalue weighted by Crippen LogP contribution is -2.21. The van der Waals surface area contributed by atoms with Crippen LogP contribution in [0.1, 0.15) is 18.4 Å². The third-order valence-corrected chi connectivity index (χ3v) is 2.69. The third-order valence-electron chi connectivity index (χ3n) is 2.69. The average molecular weight is 250 g/mol. The maximum atomic E-state index is 10.6. The Balaban J connectivity index is 1.89. The molecule has 0 aliphatic carbocycles. The summed E-state index contributed by atoms with van der Waals surface area (Å²) in [5.74, 6) is 1.30. The predicted molar refractivity (Wildman–Crippen MR) is 67.6 cm³/mol. The van der Waals surface area contributed by atoms with Crippen LogP contribution in [0.2, 0.25) is 0 Å². The lowest BCUT2D eigenvalue weighted by Gasteiger charge is -2.09. The van der Waals surface area contributed by atoms with Crippen LogP contribution in [0.25, 0.3) is 0 Å². The Bertz CT molecular complexity index is 421. The zero-order chi connectivity index (χ0) is 12.8. The van der Waals surface area contributed by atoms with E-state index in [4.69, 9.17) is 15.2 Å². The molecule has 5 heteroatoms. The SMILES string of the molecule is NC(=O)CCNCc1ccc2c(c1)OCCCO2. The Hall–Kier alpha value is -1.75. The molecule has 0 saturated carbocycles. The van der Waals surface area contributed by atoms with Crippen molar-refractivity contribution < 1.29 is 14.3 Å². The summed E-state index contributed by atoms with van der Waals surface area (Å²) < 4.78 is 11.2. The highest BCUT2D eigenvalue weighted by atomic mass is 16.5. The Labute approximate surface area is 106 Å². The van der Waals surface area contributed by atoms with Crippen LogP contribution in [0.5, 0.6) is 11.5 Å². The van der Waals surface area contributed by atoms with E-state index in [0.717, 1.165) is 23.5 Å². The maximum absolute atomic E-state index is 10.6. The smallest absolute Gasteiger partial charge is 0.218 e. The molecule has 2 rings (SSSR count). The second-order valence-corrected chi connectivity index (χ2v) is 4.22. The Morgan fingerprint density at radius 3 is 2.83 bits per heavy atom. The number of ether oxygens (including phenoxy) is 2. The highest BCUT2D eigenvalue weighted by molar-refractivity contribution is 5.73. The second-order valence-electron chi connectivity index (χ2n) is 4.22. The van der Waals surface area contributed by atoms with Gasteiger partial charge < -0.3 is 20.5 Å². The van der Waals surface area contributed by atoms with E-state index < -0.39 is 0 Å². The number of fused-ring (bicyclic) bond motifs is 1. The van der Waals surface area contributed by atoms with Gasteiger partial charge >= 0.3 is 0 Å². The fourth-order valence-electron chi connectivity index (χ4n) is 1.76. The lowest BCUT2D eigenvalue weighted by molar-refractivity contribution is -0.117. The van der Waals surface area contributed by atoms with Gasteiger partial charge in [-0.05, 0) is 17.7 Å². The van der Waals surface area contributed by atoms with Crippen molar-refractivity contribution in [3.05, 3.63) is 23.8 Å². The van der Waals surface area contributed by atoms with Gasteiger partial charge in [-0.25, -0.2) is 0 Å². The Morgan fingerprint density at radius 1 is 1.28 bits per heavy atom. The first-order chi connectivity index (χ1) is 8.75. The molecule has 0 aromatic heterocycles. The number of rotatable bonds is 5. The van der Waals surface area contributed by atoms with E-state index in [2.05, 4.69) is 5.32 Å². The summed E-state index contributed by atoms with van der Waals surface area (Å²) in [5, 5.41) is 3.16. The van der Waals surface area contributed by atoms with Crippen molar-refractivity contribution in [2.45, 2.75) is 19.4 Å². The van der Waals surface area contributed by atoms with Crippen LogP contribution in [0.4, 0.5) is 0 Å². The minimum Gasteiger partial charge on any atom is -0.490 e. The molecule has 0 spiro atoms. The van der Waals surface area contributed by atoms with Gasteiger partial charge in [-0.2, -0.15) is 0 Å². The molecule has 3 N–H and O–H groups in total. The van der Waals surface area contributed by atoms with Crippen LogP contribution in [0.15, 0.2) is 18.2 Å². The minimum absolute atomic E-state index is 0.291. The van der Waals surface area contributed by atoms with E-state index in [-0.39, 0.29) is 5.91 Å². The van der Waals surface area contributed by atoms with Gasteiger partial charge in [0.15, 0.2) is 11.5 Å². The Kier molecular flexibility index (Phi) is 4.41. The molecule has 0 saturated heterocycles. The zero-order valence-electron chi connectivity index (χ0n) is 10.3. The first-order valence-corrected chi connectivity index (χ1v) is 6.13. The summed E-state index contributed by atoms with van der Waals surface area (Å²) >= 11 is 0. The molecule has 98 valence electrons. The van der Waals surface area contributed by atoms with Crippen molar-refractivity contribution >= 4 is 5.91 Å². The van der Waals surface area contributed by atoms with Gasteiger partial charge in [-0.15, -0.1) is 0 Å². The number of amides is 1. The van der Waals surface area contributed by atoms with E-state index in [1.807, 2.05) is 18.2 Å². The molecule has 5 nitrogen and oxygen atoms in total. The minimum atomic E-state index is -0.291. The number of carbonyl (C=O) groups excluding carboxylic acids is 1. The molecular formula is C13H18N2O3. The van der Waals surface area contributed by atoms with Gasteiger partial charge in [-0.3, -0.25) is 4.79 Å². The first-order valence-electron chi connectivity index (χ1n) is 6.13. The van der Waals surface area contributed by atoms with Crippen molar-refractivity contribution in [1.82, 2.24) is 5.32 Å².